The monoisotopic (exact) mass is 284 g/mol. The van der Waals surface area contributed by atoms with Gasteiger partial charge in [0.05, 0.1) is 5.56 Å². The van der Waals surface area contributed by atoms with Gasteiger partial charge in [-0.3, -0.25) is 4.79 Å². The summed E-state index contributed by atoms with van der Waals surface area (Å²) in [7, 11) is 0. The van der Waals surface area contributed by atoms with Gasteiger partial charge in [-0.05, 0) is 18.6 Å². The Balaban J connectivity index is 2.07. The average Bonchev–Trinajstić information content (AvgIpc) is 2.50. The molecule has 0 radical (unpaired) electrons. The molecule has 0 bridgehead atoms. The van der Waals surface area contributed by atoms with Crippen LogP contribution in [-0.2, 0) is 0 Å². The predicted octanol–water partition coefficient (Wildman–Crippen LogP) is 3.09. The molecule has 1 aromatic rings. The molecule has 5 heteroatoms. The van der Waals surface area contributed by atoms with E-state index in [1.165, 1.54) is 0 Å². The fourth-order valence-electron chi connectivity index (χ4n) is 1.91. The second-order valence-corrected chi connectivity index (χ2v) is 7.21. The Morgan fingerprint density at radius 3 is 2.89 bits per heavy atom. The minimum atomic E-state index is 0.0532. The standard InChI is InChI=1S/C13H17ClN2OS/c1-13(2)5-6-16(7-8-18-13)12(17)10-3-4-11(14)15-9-10/h3-4,9H,5-8H2,1-2H3. The number of hydrogen-bond acceptors (Lipinski definition) is 3. The van der Waals surface area contributed by atoms with Gasteiger partial charge in [0.25, 0.3) is 5.91 Å². The van der Waals surface area contributed by atoms with Crippen LogP contribution in [0.3, 0.4) is 0 Å². The van der Waals surface area contributed by atoms with Crippen molar-refractivity contribution >= 4 is 29.3 Å². The van der Waals surface area contributed by atoms with Crippen molar-refractivity contribution in [2.75, 3.05) is 18.8 Å². The van der Waals surface area contributed by atoms with Gasteiger partial charge in [-0.2, -0.15) is 11.8 Å². The highest BCUT2D eigenvalue weighted by atomic mass is 35.5. The zero-order chi connectivity index (χ0) is 13.2. The number of aromatic nitrogens is 1. The summed E-state index contributed by atoms with van der Waals surface area (Å²) in [5.74, 6) is 1.04. The van der Waals surface area contributed by atoms with Crippen LogP contribution in [-0.4, -0.2) is 39.4 Å². The zero-order valence-corrected chi connectivity index (χ0v) is 12.2. The highest BCUT2D eigenvalue weighted by Crippen LogP contribution is 2.31. The summed E-state index contributed by atoms with van der Waals surface area (Å²) < 4.78 is 0.257. The van der Waals surface area contributed by atoms with Crippen molar-refractivity contribution in [3.05, 3.63) is 29.0 Å². The van der Waals surface area contributed by atoms with Crippen molar-refractivity contribution in [3.63, 3.8) is 0 Å². The summed E-state index contributed by atoms with van der Waals surface area (Å²) >= 11 is 7.66. The summed E-state index contributed by atoms with van der Waals surface area (Å²) in [6, 6.07) is 3.39. The maximum absolute atomic E-state index is 12.3. The van der Waals surface area contributed by atoms with Gasteiger partial charge in [-0.25, -0.2) is 4.98 Å². The molecule has 0 spiro atoms. The lowest BCUT2D eigenvalue weighted by Gasteiger charge is -2.22. The quantitative estimate of drug-likeness (QED) is 0.743. The number of thioether (sulfide) groups is 1. The van der Waals surface area contributed by atoms with Crippen LogP contribution >= 0.6 is 23.4 Å². The van der Waals surface area contributed by atoms with E-state index < -0.39 is 0 Å². The van der Waals surface area contributed by atoms with Crippen molar-refractivity contribution in [2.24, 2.45) is 0 Å². The third-order valence-corrected chi connectivity index (χ3v) is 4.70. The van der Waals surface area contributed by atoms with Crippen LogP contribution in [0.25, 0.3) is 0 Å². The van der Waals surface area contributed by atoms with Gasteiger partial charge in [0.1, 0.15) is 5.15 Å². The number of hydrogen-bond donors (Lipinski definition) is 0. The van der Waals surface area contributed by atoms with Crippen LogP contribution in [0.1, 0.15) is 30.6 Å². The van der Waals surface area contributed by atoms with Gasteiger partial charge in [-0.15, -0.1) is 0 Å². The molecule has 0 N–H and O–H groups in total. The summed E-state index contributed by atoms with van der Waals surface area (Å²) in [6.45, 7) is 6.07. The molecule has 2 heterocycles. The molecular formula is C13H17ClN2OS. The normalized spacial score (nSPS) is 19.4. The van der Waals surface area contributed by atoms with E-state index in [-0.39, 0.29) is 10.7 Å². The maximum Gasteiger partial charge on any atom is 0.255 e. The van der Waals surface area contributed by atoms with Crippen molar-refractivity contribution in [3.8, 4) is 0 Å². The third-order valence-electron chi connectivity index (χ3n) is 3.10. The first-order valence-corrected chi connectivity index (χ1v) is 7.39. The van der Waals surface area contributed by atoms with Gasteiger partial charge in [0.15, 0.2) is 0 Å². The van der Waals surface area contributed by atoms with Crippen LogP contribution in [0.15, 0.2) is 18.3 Å². The van der Waals surface area contributed by atoms with Gasteiger partial charge >= 0.3 is 0 Å². The first-order valence-electron chi connectivity index (χ1n) is 6.03. The Hall–Kier alpha value is -0.740. The number of carbonyl (C=O) groups is 1. The molecule has 0 atom stereocenters. The summed E-state index contributed by atoms with van der Waals surface area (Å²) in [5, 5.41) is 0.416. The minimum Gasteiger partial charge on any atom is -0.338 e. The predicted molar refractivity (Wildman–Crippen MR) is 76.3 cm³/mol. The van der Waals surface area contributed by atoms with E-state index in [1.807, 2.05) is 16.7 Å². The van der Waals surface area contributed by atoms with Crippen molar-refractivity contribution in [1.29, 1.82) is 0 Å². The van der Waals surface area contributed by atoms with E-state index in [0.717, 1.165) is 25.3 Å². The van der Waals surface area contributed by atoms with E-state index in [0.29, 0.717) is 10.7 Å². The molecule has 1 aromatic heterocycles. The number of amides is 1. The van der Waals surface area contributed by atoms with Crippen molar-refractivity contribution < 1.29 is 4.79 Å². The topological polar surface area (TPSA) is 33.2 Å². The van der Waals surface area contributed by atoms with Gasteiger partial charge in [0, 0.05) is 29.8 Å². The van der Waals surface area contributed by atoms with E-state index in [4.69, 9.17) is 11.6 Å². The van der Waals surface area contributed by atoms with Crippen LogP contribution in [0, 0.1) is 0 Å². The van der Waals surface area contributed by atoms with Crippen molar-refractivity contribution in [2.45, 2.75) is 25.0 Å². The van der Waals surface area contributed by atoms with E-state index in [9.17, 15) is 4.79 Å². The molecule has 0 aromatic carbocycles. The minimum absolute atomic E-state index is 0.0532. The first kappa shape index (κ1) is 13.7. The highest BCUT2D eigenvalue weighted by molar-refractivity contribution is 8.00. The molecule has 18 heavy (non-hydrogen) atoms. The molecule has 2 rings (SSSR count). The second-order valence-electron chi connectivity index (χ2n) is 5.02. The highest BCUT2D eigenvalue weighted by Gasteiger charge is 2.26. The van der Waals surface area contributed by atoms with Crippen LogP contribution in [0.5, 0.6) is 0 Å². The summed E-state index contributed by atoms with van der Waals surface area (Å²) in [6.07, 6.45) is 2.57. The number of pyridine rings is 1. The van der Waals surface area contributed by atoms with E-state index in [1.54, 1.807) is 18.3 Å². The molecule has 1 saturated heterocycles. The molecule has 1 aliphatic heterocycles. The number of halogens is 1. The average molecular weight is 285 g/mol. The molecule has 0 aliphatic carbocycles. The number of rotatable bonds is 1. The van der Waals surface area contributed by atoms with E-state index >= 15 is 0 Å². The van der Waals surface area contributed by atoms with Gasteiger partial charge < -0.3 is 4.90 Å². The summed E-state index contributed by atoms with van der Waals surface area (Å²) in [4.78, 5) is 18.2. The Labute approximate surface area is 117 Å². The Morgan fingerprint density at radius 1 is 1.44 bits per heavy atom. The molecular weight excluding hydrogens is 268 g/mol. The smallest absolute Gasteiger partial charge is 0.255 e. The van der Waals surface area contributed by atoms with Gasteiger partial charge in [-0.1, -0.05) is 25.4 Å². The lowest BCUT2D eigenvalue weighted by Crippen LogP contribution is -2.33. The number of carbonyl (C=O) groups excluding carboxylic acids is 1. The fourth-order valence-corrected chi connectivity index (χ4v) is 3.12. The molecule has 1 aliphatic rings. The molecule has 0 saturated carbocycles. The van der Waals surface area contributed by atoms with Crippen molar-refractivity contribution in [1.82, 2.24) is 9.88 Å². The Morgan fingerprint density at radius 2 is 2.22 bits per heavy atom. The van der Waals surface area contributed by atoms with Crippen LogP contribution in [0.4, 0.5) is 0 Å². The van der Waals surface area contributed by atoms with Crippen LogP contribution in [0.2, 0.25) is 5.15 Å². The second kappa shape index (κ2) is 5.49. The lowest BCUT2D eigenvalue weighted by molar-refractivity contribution is 0.0764. The largest absolute Gasteiger partial charge is 0.338 e. The third kappa shape index (κ3) is 3.39. The Kier molecular flexibility index (Phi) is 4.17. The molecule has 1 amide bonds. The molecule has 98 valence electrons. The first-order chi connectivity index (χ1) is 8.48. The molecule has 3 nitrogen and oxygen atoms in total. The number of nitrogens with zero attached hydrogens (tertiary/aromatic N) is 2. The SMILES string of the molecule is CC1(C)CCN(C(=O)c2ccc(Cl)nc2)CCS1. The maximum atomic E-state index is 12.3. The lowest BCUT2D eigenvalue weighted by atomic mass is 10.1. The zero-order valence-electron chi connectivity index (χ0n) is 10.6. The van der Waals surface area contributed by atoms with Crippen LogP contribution < -0.4 is 0 Å². The fraction of sp³-hybridized carbons (Fsp3) is 0.538. The molecule has 1 fully saturated rings. The summed E-state index contributed by atoms with van der Waals surface area (Å²) in [5.41, 5.74) is 0.615. The molecule has 0 unspecified atom stereocenters. The van der Waals surface area contributed by atoms with Gasteiger partial charge in [0.2, 0.25) is 0 Å². The Bertz CT molecular complexity index is 433. The van der Waals surface area contributed by atoms with E-state index in [2.05, 4.69) is 18.8 Å².